The molecule has 1 aliphatic rings. The summed E-state index contributed by atoms with van der Waals surface area (Å²) in [4.78, 5) is 31.2. The Morgan fingerprint density at radius 1 is 1.30 bits per heavy atom. The number of hydrogen-bond donors (Lipinski definition) is 1. The third-order valence-electron chi connectivity index (χ3n) is 4.18. The minimum absolute atomic E-state index is 0.00974. The lowest BCUT2D eigenvalue weighted by Gasteiger charge is -2.28. The maximum Gasteiger partial charge on any atom is 0.249 e. The van der Waals surface area contributed by atoms with E-state index in [1.807, 2.05) is 29.2 Å². The molecule has 1 saturated heterocycles. The molecular weight excluding hydrogens is 296 g/mol. The molecule has 1 N–H and O–H groups in total. The number of methoxy groups -OCH3 is 1. The van der Waals surface area contributed by atoms with Crippen LogP contribution >= 0.6 is 0 Å². The average molecular weight is 320 g/mol. The highest BCUT2D eigenvalue weighted by Gasteiger charge is 2.44. The van der Waals surface area contributed by atoms with Crippen LogP contribution in [0.1, 0.15) is 37.8 Å². The number of carbonyl (C=O) groups is 2. The summed E-state index contributed by atoms with van der Waals surface area (Å²) in [5.74, 6) is 0.0416. The van der Waals surface area contributed by atoms with E-state index in [9.17, 15) is 9.59 Å². The summed E-state index contributed by atoms with van der Waals surface area (Å²) in [6.07, 6.45) is 2.11. The highest BCUT2D eigenvalue weighted by molar-refractivity contribution is 5.90. The summed E-state index contributed by atoms with van der Waals surface area (Å²) in [6, 6.07) is 7.25. The minimum atomic E-state index is -0.451. The molecule has 1 aliphatic heterocycles. The van der Waals surface area contributed by atoms with Crippen molar-refractivity contribution < 1.29 is 19.2 Å². The van der Waals surface area contributed by atoms with Crippen molar-refractivity contribution in [3.63, 3.8) is 0 Å². The van der Waals surface area contributed by atoms with E-state index >= 15 is 0 Å². The molecule has 0 bridgehead atoms. The van der Waals surface area contributed by atoms with E-state index in [2.05, 4.69) is 12.4 Å². The number of likely N-dealkylation sites (tertiary alicyclic amines) is 1. The molecule has 1 aromatic carbocycles. The van der Waals surface area contributed by atoms with Gasteiger partial charge in [-0.25, -0.2) is 5.48 Å². The summed E-state index contributed by atoms with van der Waals surface area (Å²) in [6.45, 7) is 2.74. The van der Waals surface area contributed by atoms with E-state index in [1.165, 1.54) is 7.11 Å². The standard InChI is InChI=1S/C17H24N2O4/c1-4-5-10-19-15(20)11-14(17(21)18-23-3)16(19)12-6-8-13(22-2)9-7-12/h6-9,14,16H,4-5,10-11H2,1-3H3,(H,18,21)/t14-,16+/m1/s1. The topological polar surface area (TPSA) is 67.9 Å². The lowest BCUT2D eigenvalue weighted by Crippen LogP contribution is -2.35. The monoisotopic (exact) mass is 320 g/mol. The number of unbranched alkanes of at least 4 members (excludes halogenated alkanes) is 1. The number of ether oxygens (including phenoxy) is 1. The highest BCUT2D eigenvalue weighted by Crippen LogP contribution is 2.39. The molecule has 0 saturated carbocycles. The van der Waals surface area contributed by atoms with Crippen LogP contribution in [0.3, 0.4) is 0 Å². The Bertz CT molecular complexity index is 544. The first kappa shape index (κ1) is 17.3. The Morgan fingerprint density at radius 3 is 2.57 bits per heavy atom. The van der Waals surface area contributed by atoms with Crippen molar-refractivity contribution in [2.75, 3.05) is 20.8 Å². The first-order valence-electron chi connectivity index (χ1n) is 7.88. The van der Waals surface area contributed by atoms with Crippen LogP contribution in [0, 0.1) is 5.92 Å². The van der Waals surface area contributed by atoms with E-state index in [0.717, 1.165) is 24.2 Å². The van der Waals surface area contributed by atoms with Crippen LogP contribution in [-0.4, -0.2) is 37.5 Å². The van der Waals surface area contributed by atoms with Gasteiger partial charge in [-0.15, -0.1) is 0 Å². The number of amides is 2. The van der Waals surface area contributed by atoms with Crippen LogP contribution in [0.2, 0.25) is 0 Å². The molecule has 1 fully saturated rings. The fraction of sp³-hybridized carbons (Fsp3) is 0.529. The SMILES string of the molecule is CCCCN1C(=O)C[C@@H](C(=O)NOC)[C@@H]1c1ccc(OC)cc1. The van der Waals surface area contributed by atoms with Crippen LogP contribution in [0.15, 0.2) is 24.3 Å². The van der Waals surface area contributed by atoms with E-state index in [0.29, 0.717) is 6.54 Å². The van der Waals surface area contributed by atoms with Crippen molar-refractivity contribution in [3.05, 3.63) is 29.8 Å². The number of nitrogens with one attached hydrogen (secondary N) is 1. The number of carbonyl (C=O) groups excluding carboxylic acids is 2. The van der Waals surface area contributed by atoms with Crippen molar-refractivity contribution in [1.82, 2.24) is 10.4 Å². The molecular formula is C17H24N2O4. The van der Waals surface area contributed by atoms with Crippen molar-refractivity contribution in [2.24, 2.45) is 5.92 Å². The normalized spacial score (nSPS) is 20.7. The van der Waals surface area contributed by atoms with Gasteiger partial charge in [0.15, 0.2) is 0 Å². The van der Waals surface area contributed by atoms with Gasteiger partial charge < -0.3 is 9.64 Å². The third kappa shape index (κ3) is 3.82. The van der Waals surface area contributed by atoms with Crippen LogP contribution in [0.25, 0.3) is 0 Å². The molecule has 0 radical (unpaired) electrons. The van der Waals surface area contributed by atoms with Crippen LogP contribution in [-0.2, 0) is 14.4 Å². The first-order valence-corrected chi connectivity index (χ1v) is 7.88. The second kappa shape index (κ2) is 7.97. The van der Waals surface area contributed by atoms with E-state index in [-0.39, 0.29) is 24.3 Å². The molecule has 2 atom stereocenters. The molecule has 1 heterocycles. The van der Waals surface area contributed by atoms with Gasteiger partial charge in [0.2, 0.25) is 11.8 Å². The molecule has 23 heavy (non-hydrogen) atoms. The lowest BCUT2D eigenvalue weighted by atomic mass is 9.93. The van der Waals surface area contributed by atoms with Gasteiger partial charge in [-0.05, 0) is 24.1 Å². The summed E-state index contributed by atoms with van der Waals surface area (Å²) < 4.78 is 5.18. The van der Waals surface area contributed by atoms with Gasteiger partial charge in [0.05, 0.1) is 26.2 Å². The molecule has 0 aromatic heterocycles. The Balaban J connectivity index is 2.31. The molecule has 0 spiro atoms. The second-order valence-corrected chi connectivity index (χ2v) is 5.64. The van der Waals surface area contributed by atoms with Gasteiger partial charge in [-0.2, -0.15) is 0 Å². The van der Waals surface area contributed by atoms with Gasteiger partial charge in [0, 0.05) is 13.0 Å². The molecule has 6 heteroatoms. The third-order valence-corrected chi connectivity index (χ3v) is 4.18. The summed E-state index contributed by atoms with van der Waals surface area (Å²) >= 11 is 0. The molecule has 126 valence electrons. The largest absolute Gasteiger partial charge is 0.497 e. The van der Waals surface area contributed by atoms with Gasteiger partial charge in [-0.1, -0.05) is 25.5 Å². The van der Waals surface area contributed by atoms with Crippen LogP contribution in [0.4, 0.5) is 0 Å². The Morgan fingerprint density at radius 2 is 2.00 bits per heavy atom. The summed E-state index contributed by atoms with van der Waals surface area (Å²) in [5, 5.41) is 0. The van der Waals surface area contributed by atoms with Gasteiger partial charge in [0.25, 0.3) is 0 Å². The molecule has 1 aromatic rings. The molecule has 2 rings (SSSR count). The molecule has 0 unspecified atom stereocenters. The van der Waals surface area contributed by atoms with Gasteiger partial charge in [0.1, 0.15) is 5.75 Å². The second-order valence-electron chi connectivity index (χ2n) is 5.64. The zero-order valence-electron chi connectivity index (χ0n) is 13.9. The fourth-order valence-electron chi connectivity index (χ4n) is 3.01. The molecule has 6 nitrogen and oxygen atoms in total. The number of benzene rings is 1. The predicted octanol–water partition coefficient (Wildman–Crippen LogP) is 2.06. The van der Waals surface area contributed by atoms with Crippen molar-refractivity contribution in [1.29, 1.82) is 0 Å². The summed E-state index contributed by atoms with van der Waals surface area (Å²) in [5.41, 5.74) is 3.30. The minimum Gasteiger partial charge on any atom is -0.497 e. The molecule has 0 aliphatic carbocycles. The maximum absolute atomic E-state index is 12.4. The zero-order chi connectivity index (χ0) is 16.8. The summed E-state index contributed by atoms with van der Waals surface area (Å²) in [7, 11) is 3.00. The number of hydrogen-bond acceptors (Lipinski definition) is 4. The molecule has 2 amide bonds. The quantitative estimate of drug-likeness (QED) is 0.781. The van der Waals surface area contributed by atoms with Gasteiger partial charge >= 0.3 is 0 Å². The zero-order valence-corrected chi connectivity index (χ0v) is 13.9. The number of hydroxylamine groups is 1. The fourth-order valence-corrected chi connectivity index (χ4v) is 3.01. The van der Waals surface area contributed by atoms with Crippen molar-refractivity contribution >= 4 is 11.8 Å². The highest BCUT2D eigenvalue weighted by atomic mass is 16.6. The first-order chi connectivity index (χ1) is 11.1. The Labute approximate surface area is 136 Å². The Kier molecular flexibility index (Phi) is 5.98. The van der Waals surface area contributed by atoms with E-state index in [1.54, 1.807) is 7.11 Å². The van der Waals surface area contributed by atoms with Crippen LogP contribution in [0.5, 0.6) is 5.75 Å². The predicted molar refractivity (Wildman–Crippen MR) is 85.6 cm³/mol. The van der Waals surface area contributed by atoms with Crippen molar-refractivity contribution in [2.45, 2.75) is 32.2 Å². The maximum atomic E-state index is 12.4. The smallest absolute Gasteiger partial charge is 0.249 e. The number of rotatable bonds is 7. The number of nitrogens with zero attached hydrogens (tertiary/aromatic N) is 1. The van der Waals surface area contributed by atoms with E-state index in [4.69, 9.17) is 9.57 Å². The van der Waals surface area contributed by atoms with Crippen molar-refractivity contribution in [3.8, 4) is 5.75 Å². The van der Waals surface area contributed by atoms with Crippen LogP contribution < -0.4 is 10.2 Å². The lowest BCUT2D eigenvalue weighted by molar-refractivity contribution is -0.136. The Hall–Kier alpha value is -2.08. The average Bonchev–Trinajstić information content (AvgIpc) is 2.90. The van der Waals surface area contributed by atoms with E-state index < -0.39 is 5.92 Å². The van der Waals surface area contributed by atoms with Gasteiger partial charge in [-0.3, -0.25) is 14.4 Å².